The van der Waals surface area contributed by atoms with E-state index in [0.717, 1.165) is 0 Å². The topological polar surface area (TPSA) is 72.0 Å². The van der Waals surface area contributed by atoms with Crippen molar-refractivity contribution in [1.29, 1.82) is 0 Å². The molecule has 0 amide bonds. The van der Waals surface area contributed by atoms with Crippen molar-refractivity contribution in [2.45, 2.75) is 0 Å². The lowest BCUT2D eigenvalue weighted by atomic mass is 10.5. The van der Waals surface area contributed by atoms with E-state index >= 15 is 0 Å². The Morgan fingerprint density at radius 2 is 2.07 bits per heavy atom. The molecule has 1 heterocycles. The van der Waals surface area contributed by atoms with Gasteiger partial charge in [-0.25, -0.2) is 8.42 Å². The summed E-state index contributed by atoms with van der Waals surface area (Å²) in [7, 11) is -3.43. The number of nitrogens with one attached hydrogen (secondary N) is 1. The normalized spacial score (nSPS) is 11.3. The molecule has 1 rings (SSSR count). The van der Waals surface area contributed by atoms with Gasteiger partial charge in [-0.15, -0.1) is 21.8 Å². The van der Waals surface area contributed by atoms with Crippen LogP contribution in [-0.4, -0.2) is 30.2 Å². The quantitative estimate of drug-likeness (QED) is 0.819. The Balaban J connectivity index is 2.74. The molecular formula is C6H7Cl2N3O2S. The average Bonchev–Trinajstić information content (AvgIpc) is 2.08. The van der Waals surface area contributed by atoms with E-state index < -0.39 is 10.0 Å². The molecule has 1 aromatic rings. The molecule has 5 nitrogen and oxygen atoms in total. The van der Waals surface area contributed by atoms with E-state index in [4.69, 9.17) is 23.2 Å². The monoisotopic (exact) mass is 255 g/mol. The Morgan fingerprint density at radius 1 is 1.36 bits per heavy atom. The van der Waals surface area contributed by atoms with Gasteiger partial charge in [0.05, 0.1) is 5.75 Å². The summed E-state index contributed by atoms with van der Waals surface area (Å²) in [6.45, 7) is 0. The van der Waals surface area contributed by atoms with E-state index in [1.807, 2.05) is 0 Å². The number of sulfonamides is 1. The summed E-state index contributed by atoms with van der Waals surface area (Å²) in [5, 5.41) is 7.21. The minimum Gasteiger partial charge on any atom is -0.266 e. The standard InChI is InChI=1S/C6H7Cl2N3O2S/c7-3-4-14(12,13)11-6-2-1-5(8)9-10-6/h1-2H,3-4H2,(H,10,11). The molecule has 0 saturated carbocycles. The third kappa shape index (κ3) is 3.65. The van der Waals surface area contributed by atoms with Gasteiger partial charge in [0.1, 0.15) is 0 Å². The highest BCUT2D eigenvalue weighted by atomic mass is 35.5. The minimum absolute atomic E-state index is 0.0242. The largest absolute Gasteiger partial charge is 0.266 e. The van der Waals surface area contributed by atoms with Gasteiger partial charge >= 0.3 is 0 Å². The molecule has 0 aliphatic carbocycles. The minimum atomic E-state index is -3.43. The predicted octanol–water partition coefficient (Wildman–Crippen LogP) is 1.11. The van der Waals surface area contributed by atoms with Crippen molar-refractivity contribution in [3.8, 4) is 0 Å². The fraction of sp³-hybridized carbons (Fsp3) is 0.333. The molecule has 14 heavy (non-hydrogen) atoms. The van der Waals surface area contributed by atoms with Crippen LogP contribution in [-0.2, 0) is 10.0 Å². The highest BCUT2D eigenvalue weighted by Crippen LogP contribution is 2.07. The van der Waals surface area contributed by atoms with Crippen molar-refractivity contribution < 1.29 is 8.42 Å². The van der Waals surface area contributed by atoms with Gasteiger partial charge in [-0.3, -0.25) is 4.72 Å². The van der Waals surface area contributed by atoms with Gasteiger partial charge in [-0.1, -0.05) is 11.6 Å². The highest BCUT2D eigenvalue weighted by Gasteiger charge is 2.09. The van der Waals surface area contributed by atoms with Crippen LogP contribution in [0.4, 0.5) is 5.82 Å². The fourth-order valence-electron chi connectivity index (χ4n) is 0.682. The summed E-state index contributed by atoms with van der Waals surface area (Å²) in [6, 6.07) is 2.86. The number of alkyl halides is 1. The SMILES string of the molecule is O=S(=O)(CCCl)Nc1ccc(Cl)nn1. The van der Waals surface area contributed by atoms with E-state index in [1.54, 1.807) is 0 Å². The molecule has 0 aliphatic rings. The maximum Gasteiger partial charge on any atom is 0.235 e. The van der Waals surface area contributed by atoms with E-state index in [-0.39, 0.29) is 22.6 Å². The maximum absolute atomic E-state index is 11.2. The summed E-state index contributed by atoms with van der Waals surface area (Å²) in [6.07, 6.45) is 0. The summed E-state index contributed by atoms with van der Waals surface area (Å²) >= 11 is 10.8. The molecule has 1 aromatic heterocycles. The lowest BCUT2D eigenvalue weighted by Crippen LogP contribution is -2.18. The van der Waals surface area contributed by atoms with Crippen LogP contribution >= 0.6 is 23.2 Å². The van der Waals surface area contributed by atoms with Crippen LogP contribution in [0.1, 0.15) is 0 Å². The number of halogens is 2. The second-order valence-electron chi connectivity index (χ2n) is 2.35. The molecule has 0 fully saturated rings. The number of rotatable bonds is 4. The Hall–Kier alpha value is -0.590. The van der Waals surface area contributed by atoms with Crippen LogP contribution in [0.15, 0.2) is 12.1 Å². The van der Waals surface area contributed by atoms with Gasteiger partial charge in [0.25, 0.3) is 0 Å². The molecular weight excluding hydrogens is 249 g/mol. The predicted molar refractivity (Wildman–Crippen MR) is 55.2 cm³/mol. The lowest BCUT2D eigenvalue weighted by molar-refractivity contribution is 0.602. The van der Waals surface area contributed by atoms with Crippen molar-refractivity contribution >= 4 is 39.0 Å². The Labute approximate surface area is 91.5 Å². The van der Waals surface area contributed by atoms with E-state index in [1.165, 1.54) is 12.1 Å². The van der Waals surface area contributed by atoms with Crippen LogP contribution in [0.3, 0.4) is 0 Å². The lowest BCUT2D eigenvalue weighted by Gasteiger charge is -2.03. The van der Waals surface area contributed by atoms with Gasteiger partial charge in [0.2, 0.25) is 10.0 Å². The molecule has 0 bridgehead atoms. The number of aromatic nitrogens is 2. The smallest absolute Gasteiger partial charge is 0.235 e. The van der Waals surface area contributed by atoms with Gasteiger partial charge < -0.3 is 0 Å². The number of anilines is 1. The second kappa shape index (κ2) is 4.77. The van der Waals surface area contributed by atoms with E-state index in [0.29, 0.717) is 0 Å². The fourth-order valence-corrected chi connectivity index (χ4v) is 2.13. The van der Waals surface area contributed by atoms with Crippen molar-refractivity contribution in [2.24, 2.45) is 0 Å². The van der Waals surface area contributed by atoms with E-state index in [9.17, 15) is 8.42 Å². The van der Waals surface area contributed by atoms with Crippen molar-refractivity contribution in [3.05, 3.63) is 17.3 Å². The molecule has 78 valence electrons. The van der Waals surface area contributed by atoms with Gasteiger partial charge in [-0.05, 0) is 12.1 Å². The summed E-state index contributed by atoms with van der Waals surface area (Å²) < 4.78 is 24.6. The molecule has 0 spiro atoms. The first-order chi connectivity index (χ1) is 6.53. The molecule has 1 N–H and O–H groups in total. The zero-order chi connectivity index (χ0) is 10.6. The Kier molecular flexibility index (Phi) is 3.91. The average molecular weight is 256 g/mol. The van der Waals surface area contributed by atoms with Crippen LogP contribution in [0.25, 0.3) is 0 Å². The number of hydrogen-bond acceptors (Lipinski definition) is 4. The Morgan fingerprint density at radius 3 is 2.57 bits per heavy atom. The molecule has 0 aromatic carbocycles. The zero-order valence-corrected chi connectivity index (χ0v) is 9.27. The van der Waals surface area contributed by atoms with Gasteiger partial charge in [-0.2, -0.15) is 0 Å². The second-order valence-corrected chi connectivity index (χ2v) is 4.96. The summed E-state index contributed by atoms with van der Waals surface area (Å²) in [5.41, 5.74) is 0. The molecule has 0 unspecified atom stereocenters. The number of hydrogen-bond donors (Lipinski definition) is 1. The molecule has 0 aliphatic heterocycles. The van der Waals surface area contributed by atoms with Crippen molar-refractivity contribution in [2.75, 3.05) is 16.4 Å². The first-order valence-electron chi connectivity index (χ1n) is 3.59. The third-order valence-corrected chi connectivity index (χ3v) is 3.11. The van der Waals surface area contributed by atoms with E-state index in [2.05, 4.69) is 14.9 Å². The van der Waals surface area contributed by atoms with Gasteiger partial charge in [0, 0.05) is 5.88 Å². The van der Waals surface area contributed by atoms with Crippen molar-refractivity contribution in [3.63, 3.8) is 0 Å². The zero-order valence-electron chi connectivity index (χ0n) is 6.94. The molecule has 8 heteroatoms. The Bertz CT molecular complexity index is 392. The first kappa shape index (κ1) is 11.5. The molecule has 0 radical (unpaired) electrons. The van der Waals surface area contributed by atoms with Crippen molar-refractivity contribution in [1.82, 2.24) is 10.2 Å². The summed E-state index contributed by atoms with van der Waals surface area (Å²) in [4.78, 5) is 0. The number of nitrogens with zero attached hydrogens (tertiary/aromatic N) is 2. The third-order valence-electron chi connectivity index (χ3n) is 1.24. The van der Waals surface area contributed by atoms with Crippen LogP contribution in [0, 0.1) is 0 Å². The van der Waals surface area contributed by atoms with Crippen LogP contribution < -0.4 is 4.72 Å². The molecule has 0 atom stereocenters. The molecule has 0 saturated heterocycles. The first-order valence-corrected chi connectivity index (χ1v) is 6.16. The highest BCUT2D eigenvalue weighted by molar-refractivity contribution is 7.92. The summed E-state index contributed by atoms with van der Waals surface area (Å²) in [5.74, 6) is -0.0191. The van der Waals surface area contributed by atoms with Gasteiger partial charge in [0.15, 0.2) is 11.0 Å². The maximum atomic E-state index is 11.2. The van der Waals surface area contributed by atoms with Crippen LogP contribution in [0.5, 0.6) is 0 Å². The van der Waals surface area contributed by atoms with Crippen LogP contribution in [0.2, 0.25) is 5.15 Å².